The molecule has 0 spiro atoms. The molecular formula is C22H20N4O3. The van der Waals surface area contributed by atoms with Crippen LogP contribution in [-0.4, -0.2) is 39.2 Å². The van der Waals surface area contributed by atoms with Gasteiger partial charge in [-0.15, -0.1) is 0 Å². The molecule has 0 bridgehead atoms. The summed E-state index contributed by atoms with van der Waals surface area (Å²) in [6.45, 7) is 2.49. The number of carboxylic acid groups (broad SMARTS) is 1. The monoisotopic (exact) mass is 388 g/mol. The second-order valence-electron chi connectivity index (χ2n) is 6.43. The summed E-state index contributed by atoms with van der Waals surface area (Å²) in [5.41, 5.74) is 3.67. The van der Waals surface area contributed by atoms with Crippen molar-refractivity contribution in [3.05, 3.63) is 67.0 Å². The van der Waals surface area contributed by atoms with Crippen LogP contribution in [0.15, 0.2) is 67.0 Å². The minimum atomic E-state index is -1.00. The van der Waals surface area contributed by atoms with Crippen LogP contribution in [0.3, 0.4) is 0 Å². The van der Waals surface area contributed by atoms with Crippen molar-refractivity contribution in [3.63, 3.8) is 0 Å². The summed E-state index contributed by atoms with van der Waals surface area (Å²) in [7, 11) is 0. The van der Waals surface area contributed by atoms with Gasteiger partial charge in [0, 0.05) is 17.9 Å². The van der Waals surface area contributed by atoms with Crippen molar-refractivity contribution in [2.24, 2.45) is 0 Å². The molecule has 0 aliphatic rings. The van der Waals surface area contributed by atoms with E-state index in [1.807, 2.05) is 36.4 Å². The Hall–Kier alpha value is -3.87. The molecule has 146 valence electrons. The standard InChI is InChI=1S/C22H20N4O3/c1-2-26(16-6-4-3-5-7-16)22-18-12-19(25-21(18)23-14-24-22)15-8-10-17(11-9-15)29-13-20(27)28/h3-12,14H,2,13H2,1H3,(H,27,28)(H,23,24,25). The maximum Gasteiger partial charge on any atom is 0.341 e. The lowest BCUT2D eigenvalue weighted by atomic mass is 10.1. The fraction of sp³-hybridized carbons (Fsp3) is 0.136. The van der Waals surface area contributed by atoms with E-state index in [1.165, 1.54) is 0 Å². The molecule has 2 aromatic carbocycles. The highest BCUT2D eigenvalue weighted by atomic mass is 16.5. The molecule has 2 heterocycles. The van der Waals surface area contributed by atoms with Gasteiger partial charge in [0.25, 0.3) is 0 Å². The summed E-state index contributed by atoms with van der Waals surface area (Å²) in [5.74, 6) is 0.344. The van der Waals surface area contributed by atoms with Crippen molar-refractivity contribution < 1.29 is 14.6 Å². The largest absolute Gasteiger partial charge is 0.482 e. The fourth-order valence-electron chi connectivity index (χ4n) is 3.24. The molecule has 4 aromatic rings. The summed E-state index contributed by atoms with van der Waals surface area (Å²) in [6.07, 6.45) is 1.56. The van der Waals surface area contributed by atoms with Gasteiger partial charge in [-0.05, 0) is 55.0 Å². The van der Waals surface area contributed by atoms with Crippen molar-refractivity contribution in [2.75, 3.05) is 18.1 Å². The first-order chi connectivity index (χ1) is 14.2. The summed E-state index contributed by atoms with van der Waals surface area (Å²) in [6, 6.07) is 19.4. The minimum Gasteiger partial charge on any atom is -0.482 e. The molecular weight excluding hydrogens is 368 g/mol. The molecule has 0 saturated heterocycles. The molecule has 0 unspecified atom stereocenters. The molecule has 0 aliphatic carbocycles. The van der Waals surface area contributed by atoms with Crippen molar-refractivity contribution in [2.45, 2.75) is 6.92 Å². The molecule has 2 N–H and O–H groups in total. The summed E-state index contributed by atoms with van der Waals surface area (Å²) in [4.78, 5) is 25.0. The number of nitrogens with zero attached hydrogens (tertiary/aromatic N) is 3. The number of para-hydroxylation sites is 1. The predicted octanol–water partition coefficient (Wildman–Crippen LogP) is 4.25. The van der Waals surface area contributed by atoms with E-state index in [-0.39, 0.29) is 6.61 Å². The van der Waals surface area contributed by atoms with Crippen LogP contribution in [0.2, 0.25) is 0 Å². The summed E-state index contributed by atoms with van der Waals surface area (Å²) in [5, 5.41) is 9.64. The molecule has 7 heteroatoms. The van der Waals surface area contributed by atoms with Crippen LogP contribution in [0.1, 0.15) is 6.92 Å². The number of fused-ring (bicyclic) bond motifs is 1. The zero-order valence-electron chi connectivity index (χ0n) is 15.9. The molecule has 0 radical (unpaired) electrons. The smallest absolute Gasteiger partial charge is 0.341 e. The quantitative estimate of drug-likeness (QED) is 0.492. The van der Waals surface area contributed by atoms with Gasteiger partial charge in [0.05, 0.1) is 5.39 Å². The van der Waals surface area contributed by atoms with Gasteiger partial charge in [-0.1, -0.05) is 18.2 Å². The summed E-state index contributed by atoms with van der Waals surface area (Å²) >= 11 is 0. The average molecular weight is 388 g/mol. The van der Waals surface area contributed by atoms with Crippen LogP contribution < -0.4 is 9.64 Å². The highest BCUT2D eigenvalue weighted by Gasteiger charge is 2.15. The number of rotatable bonds is 7. The van der Waals surface area contributed by atoms with Crippen LogP contribution >= 0.6 is 0 Å². The Balaban J connectivity index is 1.68. The number of ether oxygens (including phenoxy) is 1. The van der Waals surface area contributed by atoms with Crippen LogP contribution in [0, 0.1) is 0 Å². The maximum absolute atomic E-state index is 10.6. The predicted molar refractivity (Wildman–Crippen MR) is 112 cm³/mol. The molecule has 7 nitrogen and oxygen atoms in total. The number of carbonyl (C=O) groups is 1. The molecule has 0 amide bonds. The van der Waals surface area contributed by atoms with E-state index in [9.17, 15) is 4.79 Å². The third kappa shape index (κ3) is 3.89. The second kappa shape index (κ2) is 8.02. The van der Waals surface area contributed by atoms with Crippen LogP contribution in [0.25, 0.3) is 22.3 Å². The number of benzene rings is 2. The normalized spacial score (nSPS) is 10.8. The number of nitrogens with one attached hydrogen (secondary N) is 1. The number of aromatic nitrogens is 3. The first-order valence-electron chi connectivity index (χ1n) is 9.27. The Labute approximate surface area is 167 Å². The average Bonchev–Trinajstić information content (AvgIpc) is 3.19. The lowest BCUT2D eigenvalue weighted by Gasteiger charge is -2.22. The van der Waals surface area contributed by atoms with E-state index in [0.29, 0.717) is 5.75 Å². The van der Waals surface area contributed by atoms with E-state index in [2.05, 4.69) is 38.9 Å². The first kappa shape index (κ1) is 18.5. The van der Waals surface area contributed by atoms with E-state index >= 15 is 0 Å². The molecule has 2 aromatic heterocycles. The summed E-state index contributed by atoms with van der Waals surface area (Å²) < 4.78 is 5.19. The number of carboxylic acids is 1. The molecule has 4 rings (SSSR count). The third-order valence-electron chi connectivity index (χ3n) is 4.57. The number of hydrogen-bond acceptors (Lipinski definition) is 5. The van der Waals surface area contributed by atoms with Gasteiger partial charge in [-0.3, -0.25) is 0 Å². The fourth-order valence-corrected chi connectivity index (χ4v) is 3.24. The highest BCUT2D eigenvalue weighted by Crippen LogP contribution is 2.32. The van der Waals surface area contributed by atoms with Gasteiger partial charge in [0.2, 0.25) is 0 Å². The first-order valence-corrected chi connectivity index (χ1v) is 9.27. The second-order valence-corrected chi connectivity index (χ2v) is 6.43. The number of hydrogen-bond donors (Lipinski definition) is 2. The van der Waals surface area contributed by atoms with Gasteiger partial charge in [0.1, 0.15) is 23.5 Å². The van der Waals surface area contributed by atoms with E-state index in [1.54, 1.807) is 18.5 Å². The zero-order chi connectivity index (χ0) is 20.2. The molecule has 0 saturated carbocycles. The number of aromatic amines is 1. The van der Waals surface area contributed by atoms with E-state index < -0.39 is 5.97 Å². The topological polar surface area (TPSA) is 91.3 Å². The SMILES string of the molecule is CCN(c1ccccc1)c1ncnc2[nH]c(-c3ccc(OCC(=O)O)cc3)cc12. The lowest BCUT2D eigenvalue weighted by molar-refractivity contribution is -0.139. The zero-order valence-corrected chi connectivity index (χ0v) is 15.9. The number of anilines is 2. The van der Waals surface area contributed by atoms with Gasteiger partial charge in [-0.25, -0.2) is 14.8 Å². The number of aliphatic carboxylic acids is 1. The molecule has 0 atom stereocenters. The van der Waals surface area contributed by atoms with Gasteiger partial charge in [-0.2, -0.15) is 0 Å². The Morgan fingerprint density at radius 2 is 1.86 bits per heavy atom. The maximum atomic E-state index is 10.6. The Morgan fingerprint density at radius 3 is 2.55 bits per heavy atom. The van der Waals surface area contributed by atoms with Crippen molar-refractivity contribution in [3.8, 4) is 17.0 Å². The van der Waals surface area contributed by atoms with Gasteiger partial charge >= 0.3 is 5.97 Å². The van der Waals surface area contributed by atoms with Crippen LogP contribution in [0.4, 0.5) is 11.5 Å². The highest BCUT2D eigenvalue weighted by molar-refractivity contribution is 5.93. The van der Waals surface area contributed by atoms with E-state index in [4.69, 9.17) is 9.84 Å². The Bertz CT molecular complexity index is 1120. The van der Waals surface area contributed by atoms with Crippen molar-refractivity contribution >= 4 is 28.5 Å². The van der Waals surface area contributed by atoms with Crippen LogP contribution in [-0.2, 0) is 4.79 Å². The third-order valence-corrected chi connectivity index (χ3v) is 4.57. The van der Waals surface area contributed by atoms with Crippen molar-refractivity contribution in [1.29, 1.82) is 0 Å². The van der Waals surface area contributed by atoms with Gasteiger partial charge < -0.3 is 19.7 Å². The molecule has 0 fully saturated rings. The molecule has 0 aliphatic heterocycles. The minimum absolute atomic E-state index is 0.364. The number of H-pyrrole nitrogens is 1. The Kier molecular flexibility index (Phi) is 5.11. The lowest BCUT2D eigenvalue weighted by Crippen LogP contribution is -2.17. The van der Waals surface area contributed by atoms with Crippen LogP contribution in [0.5, 0.6) is 5.75 Å². The Morgan fingerprint density at radius 1 is 1.10 bits per heavy atom. The van der Waals surface area contributed by atoms with Crippen molar-refractivity contribution in [1.82, 2.24) is 15.0 Å². The van der Waals surface area contributed by atoms with E-state index in [0.717, 1.165) is 40.3 Å². The molecule has 29 heavy (non-hydrogen) atoms. The van der Waals surface area contributed by atoms with Gasteiger partial charge in [0.15, 0.2) is 6.61 Å².